The Labute approximate surface area is 162 Å². The Morgan fingerprint density at radius 3 is 2.18 bits per heavy atom. The fourth-order valence-electron chi connectivity index (χ4n) is 3.61. The molecule has 1 heterocycles. The SMILES string of the molecule is COc1cc(N2CC(C(=O)NC3CC(C(=O)O)C3)CC2=O)cc(OC)c1OC. The van der Waals surface area contributed by atoms with Gasteiger partial charge in [-0.05, 0) is 12.8 Å². The number of amides is 2. The second kappa shape index (κ2) is 7.95. The molecular formula is C19H24N2O7. The summed E-state index contributed by atoms with van der Waals surface area (Å²) in [4.78, 5) is 37.4. The lowest BCUT2D eigenvalue weighted by molar-refractivity contribution is -0.146. The van der Waals surface area contributed by atoms with Crippen molar-refractivity contribution in [1.82, 2.24) is 5.32 Å². The summed E-state index contributed by atoms with van der Waals surface area (Å²) in [6.45, 7) is 0.235. The third-order valence-corrected chi connectivity index (χ3v) is 5.29. The molecule has 1 aromatic carbocycles. The molecule has 0 radical (unpaired) electrons. The van der Waals surface area contributed by atoms with Crippen LogP contribution in [0.3, 0.4) is 0 Å². The summed E-state index contributed by atoms with van der Waals surface area (Å²) < 4.78 is 15.9. The number of rotatable bonds is 7. The van der Waals surface area contributed by atoms with Gasteiger partial charge in [-0.25, -0.2) is 0 Å². The summed E-state index contributed by atoms with van der Waals surface area (Å²) >= 11 is 0. The van der Waals surface area contributed by atoms with Crippen molar-refractivity contribution < 1.29 is 33.7 Å². The highest BCUT2D eigenvalue weighted by Crippen LogP contribution is 2.42. The van der Waals surface area contributed by atoms with Crippen LogP contribution in [0.1, 0.15) is 19.3 Å². The van der Waals surface area contributed by atoms with E-state index >= 15 is 0 Å². The Bertz CT molecular complexity index is 763. The Kier molecular flexibility index (Phi) is 5.62. The number of anilines is 1. The lowest BCUT2D eigenvalue weighted by Gasteiger charge is -2.33. The number of hydrogen-bond donors (Lipinski definition) is 2. The number of carboxylic acid groups (broad SMARTS) is 1. The number of carbonyl (C=O) groups is 3. The highest BCUT2D eigenvalue weighted by molar-refractivity contribution is 6.00. The van der Waals surface area contributed by atoms with Gasteiger partial charge in [-0.1, -0.05) is 0 Å². The van der Waals surface area contributed by atoms with Gasteiger partial charge in [-0.3, -0.25) is 14.4 Å². The normalized spacial score (nSPS) is 23.8. The molecule has 2 aliphatic rings. The molecule has 2 N–H and O–H groups in total. The van der Waals surface area contributed by atoms with Crippen LogP contribution in [0.15, 0.2) is 12.1 Å². The molecule has 28 heavy (non-hydrogen) atoms. The molecule has 9 nitrogen and oxygen atoms in total. The van der Waals surface area contributed by atoms with E-state index in [1.165, 1.54) is 26.2 Å². The number of aliphatic carboxylic acids is 1. The lowest BCUT2D eigenvalue weighted by Crippen LogP contribution is -2.48. The molecule has 0 spiro atoms. The highest BCUT2D eigenvalue weighted by Gasteiger charge is 2.40. The van der Waals surface area contributed by atoms with Gasteiger partial charge in [0.15, 0.2) is 11.5 Å². The first-order chi connectivity index (χ1) is 13.4. The molecule has 1 saturated heterocycles. The minimum atomic E-state index is -0.838. The molecule has 1 aromatic rings. The number of nitrogens with one attached hydrogen (secondary N) is 1. The van der Waals surface area contributed by atoms with Crippen LogP contribution in [0.4, 0.5) is 5.69 Å². The topological polar surface area (TPSA) is 114 Å². The summed E-state index contributed by atoms with van der Waals surface area (Å²) in [6.07, 6.45) is 0.953. The minimum absolute atomic E-state index is 0.0948. The molecular weight excluding hydrogens is 368 g/mol. The zero-order chi connectivity index (χ0) is 20.4. The van der Waals surface area contributed by atoms with Crippen LogP contribution < -0.4 is 24.4 Å². The molecule has 1 aliphatic heterocycles. The lowest BCUT2D eigenvalue weighted by atomic mass is 9.80. The summed E-state index contributed by atoms with van der Waals surface area (Å²) in [5.41, 5.74) is 0.560. The van der Waals surface area contributed by atoms with Gasteiger partial charge in [-0.2, -0.15) is 0 Å². The zero-order valence-electron chi connectivity index (χ0n) is 16.1. The molecule has 152 valence electrons. The van der Waals surface area contributed by atoms with Gasteiger partial charge in [0.1, 0.15) is 0 Å². The second-order valence-corrected chi connectivity index (χ2v) is 7.00. The monoisotopic (exact) mass is 392 g/mol. The molecule has 3 rings (SSSR count). The van der Waals surface area contributed by atoms with E-state index in [2.05, 4.69) is 5.32 Å². The molecule has 1 unspecified atom stereocenters. The van der Waals surface area contributed by atoms with Crippen LogP contribution in [0.5, 0.6) is 17.2 Å². The maximum atomic E-state index is 12.5. The molecule has 0 bridgehead atoms. The Balaban J connectivity index is 1.69. The predicted molar refractivity (Wildman–Crippen MR) is 98.8 cm³/mol. The van der Waals surface area contributed by atoms with E-state index in [1.807, 2.05) is 0 Å². The van der Waals surface area contributed by atoms with Crippen LogP contribution in [0.25, 0.3) is 0 Å². The Morgan fingerprint density at radius 2 is 1.68 bits per heavy atom. The average molecular weight is 392 g/mol. The number of carbonyl (C=O) groups excluding carboxylic acids is 2. The van der Waals surface area contributed by atoms with E-state index in [9.17, 15) is 14.4 Å². The number of nitrogens with zero attached hydrogens (tertiary/aromatic N) is 1. The number of benzene rings is 1. The molecule has 0 aromatic heterocycles. The third-order valence-electron chi connectivity index (χ3n) is 5.29. The Morgan fingerprint density at radius 1 is 1.07 bits per heavy atom. The van der Waals surface area contributed by atoms with Gasteiger partial charge < -0.3 is 29.5 Å². The van der Waals surface area contributed by atoms with Crippen molar-refractivity contribution in [3.63, 3.8) is 0 Å². The summed E-state index contributed by atoms with van der Waals surface area (Å²) in [6, 6.07) is 3.20. The largest absolute Gasteiger partial charge is 0.493 e. The minimum Gasteiger partial charge on any atom is -0.493 e. The van der Waals surface area contributed by atoms with Crippen LogP contribution in [-0.2, 0) is 14.4 Å². The van der Waals surface area contributed by atoms with Crippen LogP contribution in [0.2, 0.25) is 0 Å². The van der Waals surface area contributed by atoms with Crippen molar-refractivity contribution in [2.75, 3.05) is 32.8 Å². The number of carboxylic acids is 1. The van der Waals surface area contributed by atoms with Crippen molar-refractivity contribution in [3.8, 4) is 17.2 Å². The van der Waals surface area contributed by atoms with Crippen molar-refractivity contribution >= 4 is 23.5 Å². The van der Waals surface area contributed by atoms with Crippen molar-refractivity contribution in [3.05, 3.63) is 12.1 Å². The van der Waals surface area contributed by atoms with E-state index in [0.717, 1.165) is 0 Å². The molecule has 9 heteroatoms. The van der Waals surface area contributed by atoms with Gasteiger partial charge >= 0.3 is 5.97 Å². The van der Waals surface area contributed by atoms with Crippen molar-refractivity contribution in [2.24, 2.45) is 11.8 Å². The maximum absolute atomic E-state index is 12.5. The second-order valence-electron chi connectivity index (χ2n) is 7.00. The van der Waals surface area contributed by atoms with E-state index < -0.39 is 17.8 Å². The van der Waals surface area contributed by atoms with Gasteiger partial charge in [0, 0.05) is 31.1 Å². The quantitative estimate of drug-likeness (QED) is 0.713. The van der Waals surface area contributed by atoms with Gasteiger partial charge in [0.2, 0.25) is 17.6 Å². The van der Waals surface area contributed by atoms with E-state index in [0.29, 0.717) is 35.8 Å². The number of hydrogen-bond acceptors (Lipinski definition) is 6. The summed E-state index contributed by atoms with van der Waals surface area (Å²) in [5.74, 6) is -0.855. The first-order valence-corrected chi connectivity index (χ1v) is 9.01. The first kappa shape index (κ1) is 19.8. The molecule has 1 saturated carbocycles. The van der Waals surface area contributed by atoms with Crippen molar-refractivity contribution in [2.45, 2.75) is 25.3 Å². The molecule has 1 atom stereocenters. The summed E-state index contributed by atoms with van der Waals surface area (Å²) in [7, 11) is 4.48. The smallest absolute Gasteiger partial charge is 0.306 e. The molecule has 2 amide bonds. The maximum Gasteiger partial charge on any atom is 0.306 e. The van der Waals surface area contributed by atoms with Gasteiger partial charge in [0.05, 0.1) is 38.9 Å². The predicted octanol–water partition coefficient (Wildman–Crippen LogP) is 1.04. The fourth-order valence-corrected chi connectivity index (χ4v) is 3.61. The third kappa shape index (κ3) is 3.69. The van der Waals surface area contributed by atoms with E-state index in [4.69, 9.17) is 19.3 Å². The standard InChI is InChI=1S/C19H24N2O7/c1-26-14-7-13(8-15(27-2)17(14)28-3)21-9-11(6-16(21)22)18(23)20-12-4-10(5-12)19(24)25/h7-8,10-12H,4-6,9H2,1-3H3,(H,20,23)(H,24,25). The van der Waals surface area contributed by atoms with E-state index in [1.54, 1.807) is 12.1 Å². The average Bonchev–Trinajstić information content (AvgIpc) is 3.04. The first-order valence-electron chi connectivity index (χ1n) is 9.01. The van der Waals surface area contributed by atoms with Gasteiger partial charge in [0.25, 0.3) is 0 Å². The number of methoxy groups -OCH3 is 3. The highest BCUT2D eigenvalue weighted by atomic mass is 16.5. The molecule has 1 aliphatic carbocycles. The zero-order valence-corrected chi connectivity index (χ0v) is 16.1. The van der Waals surface area contributed by atoms with Crippen LogP contribution in [0, 0.1) is 11.8 Å². The Hall–Kier alpha value is -2.97. The van der Waals surface area contributed by atoms with E-state index in [-0.39, 0.29) is 30.8 Å². The molecule has 2 fully saturated rings. The number of ether oxygens (including phenoxy) is 3. The van der Waals surface area contributed by atoms with Crippen LogP contribution in [-0.4, -0.2) is 56.8 Å². The summed E-state index contributed by atoms with van der Waals surface area (Å²) in [5, 5.41) is 11.8. The van der Waals surface area contributed by atoms with Gasteiger partial charge in [-0.15, -0.1) is 0 Å². The van der Waals surface area contributed by atoms with Crippen LogP contribution >= 0.6 is 0 Å². The fraction of sp³-hybridized carbons (Fsp3) is 0.526. The van der Waals surface area contributed by atoms with Crippen molar-refractivity contribution in [1.29, 1.82) is 0 Å².